The van der Waals surface area contributed by atoms with Gasteiger partial charge in [0, 0.05) is 15.7 Å². The third kappa shape index (κ3) is 2.21. The molecule has 13 heavy (non-hydrogen) atoms. The molecule has 1 nitrogen and oxygen atoms in total. The first-order chi connectivity index (χ1) is 8.86. The molecule has 0 N–H and O–H groups in total. The van der Waals surface area contributed by atoms with Crippen LogP contribution in [-0.4, -0.2) is 7.11 Å². The molecule has 1 rings (SSSR count). The van der Waals surface area contributed by atoms with E-state index in [1.54, 1.807) is 0 Å². The van der Waals surface area contributed by atoms with Crippen molar-refractivity contribution in [1.82, 2.24) is 0 Å². The van der Waals surface area contributed by atoms with Gasteiger partial charge in [-0.1, -0.05) is 13.7 Å². The highest BCUT2D eigenvalue weighted by atomic mass is 79.9. The molecule has 3 heteroatoms. The smallest absolute Gasteiger partial charge is 0.135 e. The highest BCUT2D eigenvalue weighted by molar-refractivity contribution is 9.10. The summed E-state index contributed by atoms with van der Waals surface area (Å²) in [6.45, 7) is -6.46. The van der Waals surface area contributed by atoms with Crippen molar-refractivity contribution < 1.29 is 18.7 Å². The molecule has 0 fully saturated rings. The zero-order valence-corrected chi connectivity index (χ0v) is 8.40. The van der Waals surface area contributed by atoms with Gasteiger partial charge in [-0.15, -0.1) is 0 Å². The summed E-state index contributed by atoms with van der Waals surface area (Å²) in [5.41, 5.74) is -0.731. The third-order valence-electron chi connectivity index (χ3n) is 1.51. The van der Waals surface area contributed by atoms with E-state index in [1.165, 1.54) is 7.11 Å². The Morgan fingerprint density at radius 2 is 2.31 bits per heavy atom. The molecule has 0 bridgehead atoms. The molecule has 0 heterocycles. The summed E-state index contributed by atoms with van der Waals surface area (Å²) in [6.07, 6.45) is 0. The minimum Gasteiger partial charge on any atom is -0.495 e. The van der Waals surface area contributed by atoms with Gasteiger partial charge < -0.3 is 4.74 Å². The minimum atomic E-state index is -3.23. The van der Waals surface area contributed by atoms with Crippen LogP contribution in [0.1, 0.15) is 34.8 Å². The Kier molecular flexibility index (Phi) is 1.35. The average Bonchev–Trinajstić information content (AvgIpc) is 2.27. The lowest BCUT2D eigenvalue weighted by Gasteiger charge is -2.10. The molecule has 0 saturated heterocycles. The van der Waals surface area contributed by atoms with Gasteiger partial charge in [0.2, 0.25) is 0 Å². The summed E-state index contributed by atoms with van der Waals surface area (Å²) in [5.74, 6) is -4.12. The largest absolute Gasteiger partial charge is 0.495 e. The molecular formula is C10H12BrFO. The van der Waals surface area contributed by atoms with E-state index in [9.17, 15) is 4.39 Å². The van der Waals surface area contributed by atoms with E-state index in [1.807, 2.05) is 0 Å². The number of benzene rings is 1. The van der Waals surface area contributed by atoms with E-state index >= 15 is 0 Å². The summed E-state index contributed by atoms with van der Waals surface area (Å²) in [7, 11) is 1.28. The highest BCUT2D eigenvalue weighted by Gasteiger charge is 2.10. The van der Waals surface area contributed by atoms with Crippen molar-refractivity contribution in [2.24, 2.45) is 0 Å². The van der Waals surface area contributed by atoms with Gasteiger partial charge >= 0.3 is 0 Å². The van der Waals surface area contributed by atoms with E-state index in [4.69, 9.17) is 14.3 Å². The van der Waals surface area contributed by atoms with Crippen molar-refractivity contribution in [3.63, 3.8) is 0 Å². The molecule has 72 valence electrons. The molecule has 0 radical (unpaired) electrons. The lowest BCUT2D eigenvalue weighted by molar-refractivity contribution is 0.407. The maximum Gasteiger partial charge on any atom is 0.135 e. The van der Waals surface area contributed by atoms with E-state index in [0.717, 1.165) is 12.1 Å². The van der Waals surface area contributed by atoms with Crippen molar-refractivity contribution in [2.75, 3.05) is 7.11 Å². The summed E-state index contributed by atoms with van der Waals surface area (Å²) >= 11 is 3.03. The van der Waals surface area contributed by atoms with Gasteiger partial charge in [-0.3, -0.25) is 0 Å². The summed E-state index contributed by atoms with van der Waals surface area (Å²) in [5, 5.41) is 0. The second kappa shape index (κ2) is 4.09. The van der Waals surface area contributed by atoms with Crippen LogP contribution in [0.2, 0.25) is 0 Å². The molecular weight excluding hydrogens is 237 g/mol. The van der Waals surface area contributed by atoms with Gasteiger partial charge in [-0.05, 0) is 33.5 Å². The predicted molar refractivity (Wildman–Crippen MR) is 54.7 cm³/mol. The van der Waals surface area contributed by atoms with E-state index < -0.39 is 31.0 Å². The molecule has 1 aromatic rings. The molecule has 1 aromatic carbocycles. The normalized spacial score (nSPS) is 21.3. The van der Waals surface area contributed by atoms with E-state index in [0.29, 0.717) is 0 Å². The number of halogens is 2. The number of hydrogen-bond acceptors (Lipinski definition) is 1. The van der Waals surface area contributed by atoms with Crippen LogP contribution in [0, 0.1) is 5.82 Å². The van der Waals surface area contributed by atoms with Gasteiger partial charge in [0.25, 0.3) is 0 Å². The molecule has 0 aromatic heterocycles. The molecule has 0 aliphatic rings. The third-order valence-corrected chi connectivity index (χ3v) is 2.13. The Labute approximate surface area is 95.9 Å². The molecule has 0 aliphatic carbocycles. The maximum absolute atomic E-state index is 14.1. The number of hydrogen-bond donors (Lipinski definition) is 0. The van der Waals surface area contributed by atoms with Crippen LogP contribution in [-0.2, 0) is 0 Å². The van der Waals surface area contributed by atoms with Crippen molar-refractivity contribution in [3.8, 4) is 5.75 Å². The monoisotopic (exact) mass is 255 g/mol. The second-order valence-corrected chi connectivity index (χ2v) is 3.20. The molecule has 0 aliphatic heterocycles. The van der Waals surface area contributed by atoms with E-state index in [2.05, 4.69) is 15.9 Å². The summed E-state index contributed by atoms with van der Waals surface area (Å²) in [6, 6.07) is 1.81. The fourth-order valence-electron chi connectivity index (χ4n) is 0.877. The lowest BCUT2D eigenvalue weighted by Crippen LogP contribution is -1.95. The first-order valence-corrected chi connectivity index (χ1v) is 4.19. The number of methoxy groups -OCH3 is 1. The van der Waals surface area contributed by atoms with Gasteiger partial charge in [0.15, 0.2) is 0 Å². The standard InChI is InChI=1S/C10H12BrFO/c1-6(2)7-4-8(11)10(13-3)5-9(7)12/h4-6H,1-3H3/i1+1D3,2+1D3,6D. The van der Waals surface area contributed by atoms with Crippen LogP contribution < -0.4 is 4.74 Å². The fraction of sp³-hybridized carbons (Fsp3) is 0.400. The molecule has 0 spiro atoms. The molecule has 0 amide bonds. The quantitative estimate of drug-likeness (QED) is 0.733. The predicted octanol–water partition coefficient (Wildman–Crippen LogP) is 3.72. The minimum absolute atomic E-state index is 0.0738. The van der Waals surface area contributed by atoms with Crippen LogP contribution in [0.15, 0.2) is 16.6 Å². The first kappa shape index (κ1) is 4.30. The number of rotatable bonds is 2. The lowest BCUT2D eigenvalue weighted by atomic mass is 10.1. The highest BCUT2D eigenvalue weighted by Crippen LogP contribution is 2.30. The molecule has 0 unspecified atom stereocenters. The van der Waals surface area contributed by atoms with Crippen LogP contribution in [0.4, 0.5) is 4.39 Å². The average molecular weight is 256 g/mol. The van der Waals surface area contributed by atoms with Crippen LogP contribution in [0.25, 0.3) is 0 Å². The molecule has 0 saturated carbocycles. The second-order valence-electron chi connectivity index (χ2n) is 2.34. The topological polar surface area (TPSA) is 9.23 Å². The van der Waals surface area contributed by atoms with Gasteiger partial charge in [0.05, 0.1) is 11.6 Å². The van der Waals surface area contributed by atoms with Gasteiger partial charge in [-0.2, -0.15) is 0 Å². The Morgan fingerprint density at radius 3 is 2.85 bits per heavy atom. The van der Waals surface area contributed by atoms with Gasteiger partial charge in [0.1, 0.15) is 11.6 Å². The zero-order chi connectivity index (χ0) is 15.9. The van der Waals surface area contributed by atoms with Crippen molar-refractivity contribution in [1.29, 1.82) is 0 Å². The van der Waals surface area contributed by atoms with Crippen molar-refractivity contribution in [2.45, 2.75) is 19.6 Å². The number of ether oxygens (including phenoxy) is 1. The maximum atomic E-state index is 14.1. The van der Waals surface area contributed by atoms with Crippen LogP contribution >= 0.6 is 15.9 Å². The molecule has 0 atom stereocenters. The van der Waals surface area contributed by atoms with Crippen LogP contribution in [0.3, 0.4) is 0 Å². The Bertz CT molecular complexity index is 498. The van der Waals surface area contributed by atoms with E-state index in [-0.39, 0.29) is 10.2 Å². The SMILES string of the molecule is [2H]C(c1cc(Br)c(OC)cc1F)([13C]([2H])([2H])[2H])[13C]([2H])([2H])[2H]. The Morgan fingerprint density at radius 1 is 1.62 bits per heavy atom. The fourth-order valence-corrected chi connectivity index (χ4v) is 1.38. The Hall–Kier alpha value is -0.570. The summed E-state index contributed by atoms with van der Waals surface area (Å²) < 4.78 is 70.9. The van der Waals surface area contributed by atoms with Crippen molar-refractivity contribution >= 4 is 15.9 Å². The Balaban J connectivity index is 3.65. The van der Waals surface area contributed by atoms with Crippen molar-refractivity contribution in [3.05, 3.63) is 28.0 Å². The summed E-state index contributed by atoms with van der Waals surface area (Å²) in [4.78, 5) is 0. The van der Waals surface area contributed by atoms with Gasteiger partial charge in [-0.25, -0.2) is 4.39 Å². The first-order valence-electron chi connectivity index (χ1n) is 6.90. The zero-order valence-electron chi connectivity index (χ0n) is 13.8. The van der Waals surface area contributed by atoms with Crippen LogP contribution in [0.5, 0.6) is 5.75 Å².